The molecule has 0 saturated carbocycles. The van der Waals surface area contributed by atoms with Crippen molar-refractivity contribution in [3.8, 4) is 0 Å². The first-order valence-electron chi connectivity index (χ1n) is 7.71. The van der Waals surface area contributed by atoms with E-state index in [2.05, 4.69) is 10.6 Å². The zero-order chi connectivity index (χ0) is 17.5. The highest BCUT2D eigenvalue weighted by atomic mass is 35.5. The molecule has 130 valence electrons. The molecular weight excluding hydrogens is 332 g/mol. The summed E-state index contributed by atoms with van der Waals surface area (Å²) in [5, 5.41) is 15.5. The molecule has 3 N–H and O–H groups in total. The van der Waals surface area contributed by atoms with E-state index in [4.69, 9.17) is 16.3 Å². The van der Waals surface area contributed by atoms with Gasteiger partial charge in [-0.3, -0.25) is 9.59 Å². The van der Waals surface area contributed by atoms with Gasteiger partial charge in [0.1, 0.15) is 6.10 Å². The van der Waals surface area contributed by atoms with Crippen LogP contribution in [0.1, 0.15) is 18.9 Å². The number of rotatable bonds is 6. The minimum absolute atomic E-state index is 0.146. The molecule has 24 heavy (non-hydrogen) atoms. The van der Waals surface area contributed by atoms with Gasteiger partial charge in [-0.25, -0.2) is 0 Å². The van der Waals surface area contributed by atoms with Crippen LogP contribution in [0.5, 0.6) is 0 Å². The SMILES string of the molecule is CC(=O)N[C@H]1C=C[C@@H](CC(=O)NCc2ccc(Cl)cc2)O[C@H]1CO. The van der Waals surface area contributed by atoms with Crippen molar-refractivity contribution in [2.75, 3.05) is 6.61 Å². The Bertz CT molecular complexity index is 603. The van der Waals surface area contributed by atoms with Gasteiger partial charge in [0.25, 0.3) is 0 Å². The average Bonchev–Trinajstić information content (AvgIpc) is 2.55. The predicted molar refractivity (Wildman–Crippen MR) is 90.4 cm³/mol. The van der Waals surface area contributed by atoms with Crippen LogP contribution in [-0.2, 0) is 20.9 Å². The first-order valence-corrected chi connectivity index (χ1v) is 8.08. The van der Waals surface area contributed by atoms with E-state index in [1.807, 2.05) is 12.1 Å². The van der Waals surface area contributed by atoms with Crippen LogP contribution in [0.25, 0.3) is 0 Å². The second-order valence-corrected chi connectivity index (χ2v) is 6.05. The smallest absolute Gasteiger partial charge is 0.223 e. The first-order chi connectivity index (χ1) is 11.5. The second-order valence-electron chi connectivity index (χ2n) is 5.61. The predicted octanol–water partition coefficient (Wildman–Crippen LogP) is 1.17. The highest BCUT2D eigenvalue weighted by Gasteiger charge is 2.28. The molecule has 0 unspecified atom stereocenters. The number of amides is 2. The Morgan fingerprint density at radius 1 is 1.25 bits per heavy atom. The lowest BCUT2D eigenvalue weighted by atomic mass is 10.0. The molecule has 1 aliphatic rings. The van der Waals surface area contributed by atoms with Gasteiger partial charge in [0.2, 0.25) is 11.8 Å². The lowest BCUT2D eigenvalue weighted by molar-refractivity contribution is -0.127. The highest BCUT2D eigenvalue weighted by Crippen LogP contribution is 2.16. The van der Waals surface area contributed by atoms with Gasteiger partial charge in [-0.1, -0.05) is 35.9 Å². The molecule has 0 fully saturated rings. The Labute approximate surface area is 145 Å². The van der Waals surface area contributed by atoms with Crippen molar-refractivity contribution in [3.63, 3.8) is 0 Å². The minimum Gasteiger partial charge on any atom is -0.394 e. The number of benzene rings is 1. The number of aliphatic hydroxyl groups excluding tert-OH is 1. The van der Waals surface area contributed by atoms with E-state index in [0.717, 1.165) is 5.56 Å². The van der Waals surface area contributed by atoms with Gasteiger partial charge in [-0.05, 0) is 17.7 Å². The molecule has 0 aromatic heterocycles. The number of nitrogens with one attached hydrogen (secondary N) is 2. The van der Waals surface area contributed by atoms with E-state index in [1.54, 1.807) is 24.3 Å². The number of aliphatic hydroxyl groups is 1. The molecule has 0 spiro atoms. The molecule has 2 rings (SSSR count). The van der Waals surface area contributed by atoms with Crippen molar-refractivity contribution in [2.24, 2.45) is 0 Å². The fourth-order valence-electron chi connectivity index (χ4n) is 2.43. The zero-order valence-electron chi connectivity index (χ0n) is 13.4. The van der Waals surface area contributed by atoms with Crippen molar-refractivity contribution < 1.29 is 19.4 Å². The molecule has 2 amide bonds. The molecule has 3 atom stereocenters. The van der Waals surface area contributed by atoms with Crippen LogP contribution in [0.2, 0.25) is 5.02 Å². The Morgan fingerprint density at radius 3 is 2.58 bits per heavy atom. The van der Waals surface area contributed by atoms with Gasteiger partial charge in [0.15, 0.2) is 0 Å². The maximum atomic E-state index is 12.0. The van der Waals surface area contributed by atoms with Crippen molar-refractivity contribution >= 4 is 23.4 Å². The van der Waals surface area contributed by atoms with Crippen molar-refractivity contribution in [1.29, 1.82) is 0 Å². The van der Waals surface area contributed by atoms with E-state index in [-0.39, 0.29) is 30.9 Å². The number of halogens is 1. The Hall–Kier alpha value is -1.89. The fraction of sp³-hybridized carbons (Fsp3) is 0.412. The number of hydrogen-bond donors (Lipinski definition) is 3. The van der Waals surface area contributed by atoms with Crippen LogP contribution in [0.4, 0.5) is 0 Å². The lowest BCUT2D eigenvalue weighted by Gasteiger charge is -2.31. The topological polar surface area (TPSA) is 87.7 Å². The number of ether oxygens (including phenoxy) is 1. The van der Waals surface area contributed by atoms with Gasteiger partial charge >= 0.3 is 0 Å². The van der Waals surface area contributed by atoms with E-state index in [1.165, 1.54) is 6.92 Å². The largest absolute Gasteiger partial charge is 0.394 e. The third-order valence-corrected chi connectivity index (χ3v) is 3.87. The zero-order valence-corrected chi connectivity index (χ0v) is 14.1. The Balaban J connectivity index is 1.83. The van der Waals surface area contributed by atoms with Crippen LogP contribution < -0.4 is 10.6 Å². The summed E-state index contributed by atoms with van der Waals surface area (Å²) in [7, 11) is 0. The van der Waals surface area contributed by atoms with Gasteiger partial charge in [0.05, 0.1) is 25.2 Å². The van der Waals surface area contributed by atoms with E-state index in [9.17, 15) is 14.7 Å². The van der Waals surface area contributed by atoms with Gasteiger partial charge < -0.3 is 20.5 Å². The summed E-state index contributed by atoms with van der Waals surface area (Å²) in [6, 6.07) is 6.84. The molecule has 7 heteroatoms. The molecular formula is C17H21ClN2O4. The van der Waals surface area contributed by atoms with Crippen LogP contribution in [0.3, 0.4) is 0 Å². The van der Waals surface area contributed by atoms with Crippen molar-refractivity contribution in [3.05, 3.63) is 47.0 Å². The molecule has 1 aromatic rings. The number of hydrogen-bond acceptors (Lipinski definition) is 4. The highest BCUT2D eigenvalue weighted by molar-refractivity contribution is 6.30. The van der Waals surface area contributed by atoms with Crippen molar-refractivity contribution in [2.45, 2.75) is 38.1 Å². The second kappa shape index (κ2) is 8.82. The Kier molecular flexibility index (Phi) is 6.78. The summed E-state index contributed by atoms with van der Waals surface area (Å²) in [6.07, 6.45) is 2.63. The summed E-state index contributed by atoms with van der Waals surface area (Å²) in [5.41, 5.74) is 0.951. The quantitative estimate of drug-likeness (QED) is 0.671. The van der Waals surface area contributed by atoms with Gasteiger partial charge in [0, 0.05) is 18.5 Å². The standard InChI is InChI=1S/C17H21ClN2O4/c1-11(22)20-15-7-6-14(24-16(15)10-21)8-17(23)19-9-12-2-4-13(18)5-3-12/h2-7,14-16,21H,8-10H2,1H3,(H,19,23)(H,20,22)/t14-,15-,16-/m0/s1. The van der Waals surface area contributed by atoms with E-state index >= 15 is 0 Å². The van der Waals surface area contributed by atoms with Crippen LogP contribution >= 0.6 is 11.6 Å². The molecule has 0 saturated heterocycles. The maximum Gasteiger partial charge on any atom is 0.223 e. The summed E-state index contributed by atoms with van der Waals surface area (Å²) in [5.74, 6) is -0.361. The summed E-state index contributed by atoms with van der Waals surface area (Å²) in [4.78, 5) is 23.1. The maximum absolute atomic E-state index is 12.0. The van der Waals surface area contributed by atoms with E-state index < -0.39 is 12.2 Å². The normalized spacial score (nSPS) is 22.9. The third-order valence-electron chi connectivity index (χ3n) is 3.62. The Morgan fingerprint density at radius 2 is 1.96 bits per heavy atom. The first kappa shape index (κ1) is 18.4. The van der Waals surface area contributed by atoms with E-state index in [0.29, 0.717) is 11.6 Å². The monoisotopic (exact) mass is 352 g/mol. The molecule has 0 aliphatic carbocycles. The van der Waals surface area contributed by atoms with Crippen LogP contribution in [-0.4, -0.2) is 41.8 Å². The molecule has 0 bridgehead atoms. The fourth-order valence-corrected chi connectivity index (χ4v) is 2.55. The summed E-state index contributed by atoms with van der Waals surface area (Å²) < 4.78 is 5.66. The number of carbonyl (C=O) groups is 2. The van der Waals surface area contributed by atoms with Crippen LogP contribution in [0, 0.1) is 0 Å². The van der Waals surface area contributed by atoms with Crippen LogP contribution in [0.15, 0.2) is 36.4 Å². The number of carbonyl (C=O) groups excluding carboxylic acids is 2. The third kappa shape index (κ3) is 5.63. The minimum atomic E-state index is -0.562. The molecule has 6 nitrogen and oxygen atoms in total. The molecule has 1 aliphatic heterocycles. The molecule has 1 heterocycles. The summed E-state index contributed by atoms with van der Waals surface area (Å²) in [6.45, 7) is 1.57. The van der Waals surface area contributed by atoms with Crippen molar-refractivity contribution in [1.82, 2.24) is 10.6 Å². The van der Waals surface area contributed by atoms with Gasteiger partial charge in [-0.15, -0.1) is 0 Å². The molecule has 0 radical (unpaired) electrons. The average molecular weight is 353 g/mol. The summed E-state index contributed by atoms with van der Waals surface area (Å²) >= 11 is 5.82. The molecule has 1 aromatic carbocycles. The van der Waals surface area contributed by atoms with Gasteiger partial charge in [-0.2, -0.15) is 0 Å². The lowest BCUT2D eigenvalue weighted by Crippen LogP contribution is -2.48.